The molecule has 4 heteroatoms. The molecule has 0 spiro atoms. The van der Waals surface area contributed by atoms with Crippen LogP contribution in [0.5, 0.6) is 0 Å². The smallest absolute Gasteiger partial charge is 0.0443 e. The minimum atomic E-state index is 0.423. The van der Waals surface area contributed by atoms with Gasteiger partial charge in [0.15, 0.2) is 0 Å². The fourth-order valence-electron chi connectivity index (χ4n) is 5.31. The highest BCUT2D eigenvalue weighted by Gasteiger charge is 2.16. The molecule has 4 aromatic heterocycles. The van der Waals surface area contributed by atoms with Gasteiger partial charge in [0, 0.05) is 44.2 Å². The number of H-pyrrole nitrogens is 4. The molecule has 176 valence electrons. The highest BCUT2D eigenvalue weighted by Crippen LogP contribution is 2.27. The van der Waals surface area contributed by atoms with Crippen molar-refractivity contribution < 1.29 is 0 Å². The molecule has 0 radical (unpaired) electrons. The molecule has 34 heavy (non-hydrogen) atoms. The van der Waals surface area contributed by atoms with Gasteiger partial charge in [-0.25, -0.2) is 0 Å². The van der Waals surface area contributed by atoms with Gasteiger partial charge in [-0.05, 0) is 123 Å². The van der Waals surface area contributed by atoms with Crippen molar-refractivity contribution in [1.82, 2.24) is 19.9 Å². The van der Waals surface area contributed by atoms with E-state index < -0.39 is 0 Å². The van der Waals surface area contributed by atoms with Crippen LogP contribution in [-0.2, 0) is 0 Å². The summed E-state index contributed by atoms with van der Waals surface area (Å²) < 4.78 is 0. The number of hydrogen-bond acceptors (Lipinski definition) is 0. The Hall–Kier alpha value is -3.40. The summed E-state index contributed by atoms with van der Waals surface area (Å²) in [5.74, 6) is 0.423. The first-order valence-electron chi connectivity index (χ1n) is 12.3. The third-order valence-electron chi connectivity index (χ3n) is 8.02. The second-order valence-electron chi connectivity index (χ2n) is 10.3. The van der Waals surface area contributed by atoms with Crippen molar-refractivity contribution in [2.75, 3.05) is 0 Å². The van der Waals surface area contributed by atoms with Gasteiger partial charge >= 0.3 is 0 Å². The van der Waals surface area contributed by atoms with Crippen molar-refractivity contribution in [3.8, 4) is 0 Å². The van der Waals surface area contributed by atoms with E-state index in [-0.39, 0.29) is 0 Å². The Labute approximate surface area is 201 Å². The molecular formula is C30H36N4. The standard InChI is InChI=1S/C30H36N4/c1-14(2)30-21(9)28-12-26-18(6)17(5)24(32-26)10-22-15(3)16(4)23(31-22)11-25-19(7)20(8)27(33-25)13-29(30)34-28/h10-14,31-34H,1-9H3. The second-order valence-corrected chi connectivity index (χ2v) is 10.3. The van der Waals surface area contributed by atoms with Crippen LogP contribution in [-0.4, -0.2) is 19.9 Å². The summed E-state index contributed by atoms with van der Waals surface area (Å²) in [6.45, 7) is 20.0. The zero-order valence-corrected chi connectivity index (χ0v) is 21.9. The molecule has 0 unspecified atom stereocenters. The van der Waals surface area contributed by atoms with Crippen molar-refractivity contribution in [1.29, 1.82) is 0 Å². The molecule has 0 saturated heterocycles. The number of nitrogens with one attached hydrogen (secondary N) is 4. The normalized spacial score (nSPS) is 12.9. The van der Waals surface area contributed by atoms with Crippen LogP contribution in [0.2, 0.25) is 0 Å². The first-order chi connectivity index (χ1) is 16.1. The first-order valence-corrected chi connectivity index (χ1v) is 12.3. The number of fused-ring (bicyclic) bond motifs is 8. The van der Waals surface area contributed by atoms with Crippen molar-refractivity contribution in [3.63, 3.8) is 0 Å². The predicted molar refractivity (Wildman–Crippen MR) is 143 cm³/mol. The summed E-state index contributed by atoms with van der Waals surface area (Å²) in [6.07, 6.45) is 9.07. The van der Waals surface area contributed by atoms with E-state index in [9.17, 15) is 0 Å². The highest BCUT2D eigenvalue weighted by atomic mass is 14.8. The molecule has 4 N–H and O–H groups in total. The summed E-state index contributed by atoms with van der Waals surface area (Å²) >= 11 is 0. The van der Waals surface area contributed by atoms with E-state index >= 15 is 0 Å². The van der Waals surface area contributed by atoms with Gasteiger partial charge in [-0.2, -0.15) is 0 Å². The molecule has 0 aromatic carbocycles. The Balaban J connectivity index is 1.96. The average Bonchev–Trinajstić information content (AvgIpc) is 3.41. The maximum atomic E-state index is 3.75. The summed E-state index contributed by atoms with van der Waals surface area (Å²) in [7, 11) is 0. The number of aromatic nitrogens is 4. The van der Waals surface area contributed by atoms with Crippen LogP contribution in [0.15, 0.2) is 0 Å². The number of rotatable bonds is 1. The predicted octanol–water partition coefficient (Wildman–Crippen LogP) is 3.91. The van der Waals surface area contributed by atoms with E-state index in [1.807, 2.05) is 0 Å². The van der Waals surface area contributed by atoms with Crippen LogP contribution in [0.25, 0.3) is 24.3 Å². The lowest BCUT2D eigenvalue weighted by molar-refractivity contribution is 0.857. The summed E-state index contributed by atoms with van der Waals surface area (Å²) in [6, 6.07) is 0. The minimum absolute atomic E-state index is 0.423. The molecule has 5 rings (SSSR count). The molecule has 4 nitrogen and oxygen atoms in total. The van der Waals surface area contributed by atoms with Gasteiger partial charge in [-0.15, -0.1) is 0 Å². The van der Waals surface area contributed by atoms with Crippen LogP contribution in [0.4, 0.5) is 0 Å². The second kappa shape index (κ2) is 7.83. The van der Waals surface area contributed by atoms with Crippen LogP contribution >= 0.6 is 0 Å². The van der Waals surface area contributed by atoms with Gasteiger partial charge < -0.3 is 19.9 Å². The lowest BCUT2D eigenvalue weighted by Crippen LogP contribution is -2.12. The summed E-state index contributed by atoms with van der Waals surface area (Å²) in [5.41, 5.74) is 15.1. The van der Waals surface area contributed by atoms with Crippen LogP contribution < -0.4 is 21.4 Å². The van der Waals surface area contributed by atoms with E-state index in [2.05, 4.69) is 107 Å². The molecule has 8 bridgehead atoms. The molecule has 5 heterocycles. The molecule has 0 fully saturated rings. The van der Waals surface area contributed by atoms with E-state index in [1.54, 1.807) is 0 Å². The zero-order chi connectivity index (χ0) is 24.5. The van der Waals surface area contributed by atoms with E-state index in [1.165, 1.54) is 55.9 Å². The third kappa shape index (κ3) is 3.35. The van der Waals surface area contributed by atoms with Crippen molar-refractivity contribution in [2.45, 2.75) is 68.2 Å². The SMILES string of the molecule is Cc1c2[nH]c(c1C)C=c1[nH]c(c(C)c1C)=Cc1[nH]c(c(C)c1C(C)C)C=c1[nH]c(c(C)c1C)=C2. The number of aromatic amines is 4. The van der Waals surface area contributed by atoms with Crippen molar-refractivity contribution >= 4 is 24.3 Å². The highest BCUT2D eigenvalue weighted by molar-refractivity contribution is 5.65. The Morgan fingerprint density at radius 1 is 0.412 bits per heavy atom. The fraction of sp³-hybridized carbons (Fsp3) is 0.333. The summed E-state index contributed by atoms with van der Waals surface area (Å²) in [5, 5.41) is 4.62. The van der Waals surface area contributed by atoms with Crippen LogP contribution in [0.3, 0.4) is 0 Å². The third-order valence-corrected chi connectivity index (χ3v) is 8.02. The molecular weight excluding hydrogens is 416 g/mol. The Morgan fingerprint density at radius 3 is 1.12 bits per heavy atom. The molecule has 0 amide bonds. The van der Waals surface area contributed by atoms with Gasteiger partial charge in [-0.1, -0.05) is 13.8 Å². The van der Waals surface area contributed by atoms with Crippen LogP contribution in [0.1, 0.15) is 87.0 Å². The van der Waals surface area contributed by atoms with Crippen LogP contribution in [0, 0.1) is 48.5 Å². The van der Waals surface area contributed by atoms with Gasteiger partial charge in [0.05, 0.1) is 0 Å². The monoisotopic (exact) mass is 452 g/mol. The van der Waals surface area contributed by atoms with Crippen molar-refractivity contribution in [3.05, 3.63) is 88.7 Å². The minimum Gasteiger partial charge on any atom is -0.355 e. The maximum Gasteiger partial charge on any atom is 0.0443 e. The zero-order valence-electron chi connectivity index (χ0n) is 21.9. The quantitative estimate of drug-likeness (QED) is 0.298. The first kappa shape index (κ1) is 22.4. The van der Waals surface area contributed by atoms with E-state index in [0.717, 1.165) is 32.8 Å². The van der Waals surface area contributed by atoms with E-state index in [4.69, 9.17) is 0 Å². The van der Waals surface area contributed by atoms with Gasteiger partial charge in [0.2, 0.25) is 0 Å². The lowest BCUT2D eigenvalue weighted by Gasteiger charge is -2.06. The fourth-order valence-corrected chi connectivity index (χ4v) is 5.31. The Bertz CT molecular complexity index is 1690. The molecule has 4 aromatic rings. The average molecular weight is 453 g/mol. The molecule has 0 atom stereocenters. The Morgan fingerprint density at radius 2 is 0.735 bits per heavy atom. The summed E-state index contributed by atoms with van der Waals surface area (Å²) in [4.78, 5) is 14.8. The van der Waals surface area contributed by atoms with Crippen molar-refractivity contribution in [2.24, 2.45) is 0 Å². The van der Waals surface area contributed by atoms with Gasteiger partial charge in [-0.3, -0.25) is 0 Å². The molecule has 1 aliphatic heterocycles. The molecule has 1 aliphatic rings. The largest absolute Gasteiger partial charge is 0.355 e. The van der Waals surface area contributed by atoms with Gasteiger partial charge in [0.1, 0.15) is 0 Å². The lowest BCUT2D eigenvalue weighted by atomic mass is 9.98. The maximum absolute atomic E-state index is 3.75. The molecule has 0 aliphatic carbocycles. The molecule has 0 saturated carbocycles. The van der Waals surface area contributed by atoms with Gasteiger partial charge in [0.25, 0.3) is 0 Å². The number of hydrogen-bond donors (Lipinski definition) is 4. The topological polar surface area (TPSA) is 63.2 Å². The van der Waals surface area contributed by atoms with E-state index in [0.29, 0.717) is 5.92 Å². The Kier molecular flexibility index (Phi) is 5.16.